The fraction of sp³-hybridized carbons (Fsp3) is 0.909. The van der Waals surface area contributed by atoms with E-state index in [0.717, 1.165) is 19.3 Å². The molecule has 90 valence electrons. The summed E-state index contributed by atoms with van der Waals surface area (Å²) < 4.78 is 0. The Balaban J connectivity index is 3.88. The molecule has 2 atom stereocenters. The van der Waals surface area contributed by atoms with Gasteiger partial charge in [-0.05, 0) is 18.8 Å². The molecule has 4 nitrogen and oxygen atoms in total. The van der Waals surface area contributed by atoms with Crippen LogP contribution in [0.15, 0.2) is 0 Å². The SMILES string of the molecule is CCCCC(CCC(=O)O)CC(O)CO. The molecule has 0 saturated heterocycles. The predicted octanol–water partition coefficient (Wildman–Crippen LogP) is 1.40. The normalized spacial score (nSPS) is 14.9. The Morgan fingerprint density at radius 3 is 2.47 bits per heavy atom. The van der Waals surface area contributed by atoms with Crippen molar-refractivity contribution in [1.29, 1.82) is 0 Å². The first kappa shape index (κ1) is 14.4. The number of hydrogen-bond acceptors (Lipinski definition) is 3. The number of carboxylic acids is 1. The third-order valence-electron chi connectivity index (χ3n) is 2.55. The van der Waals surface area contributed by atoms with Gasteiger partial charge in [-0.3, -0.25) is 4.79 Å². The Morgan fingerprint density at radius 1 is 1.33 bits per heavy atom. The molecule has 0 aliphatic carbocycles. The zero-order chi connectivity index (χ0) is 11.7. The van der Waals surface area contributed by atoms with Gasteiger partial charge in [0, 0.05) is 6.42 Å². The molecule has 0 amide bonds. The number of aliphatic hydroxyl groups is 2. The highest BCUT2D eigenvalue weighted by molar-refractivity contribution is 5.66. The van der Waals surface area contributed by atoms with Crippen molar-refractivity contribution in [2.75, 3.05) is 6.61 Å². The minimum Gasteiger partial charge on any atom is -0.481 e. The van der Waals surface area contributed by atoms with Gasteiger partial charge in [0.05, 0.1) is 12.7 Å². The van der Waals surface area contributed by atoms with E-state index < -0.39 is 12.1 Å². The van der Waals surface area contributed by atoms with Crippen molar-refractivity contribution in [1.82, 2.24) is 0 Å². The largest absolute Gasteiger partial charge is 0.481 e. The van der Waals surface area contributed by atoms with E-state index in [1.165, 1.54) is 0 Å². The maximum absolute atomic E-state index is 10.4. The number of carboxylic acid groups (broad SMARTS) is 1. The van der Waals surface area contributed by atoms with E-state index in [4.69, 9.17) is 10.2 Å². The van der Waals surface area contributed by atoms with Crippen LogP contribution < -0.4 is 0 Å². The highest BCUT2D eigenvalue weighted by atomic mass is 16.4. The van der Waals surface area contributed by atoms with Crippen LogP contribution in [-0.2, 0) is 4.79 Å². The topological polar surface area (TPSA) is 77.8 Å². The van der Waals surface area contributed by atoms with Crippen LogP contribution in [0.4, 0.5) is 0 Å². The minimum absolute atomic E-state index is 0.145. The van der Waals surface area contributed by atoms with E-state index in [1.54, 1.807) is 0 Å². The molecule has 0 rings (SSSR count). The fourth-order valence-corrected chi connectivity index (χ4v) is 1.66. The number of hydrogen-bond donors (Lipinski definition) is 3. The first-order valence-electron chi connectivity index (χ1n) is 5.60. The average Bonchev–Trinajstić information content (AvgIpc) is 2.21. The molecule has 3 N–H and O–H groups in total. The summed E-state index contributed by atoms with van der Waals surface area (Å²) in [5.74, 6) is -0.585. The lowest BCUT2D eigenvalue weighted by Gasteiger charge is -2.18. The van der Waals surface area contributed by atoms with E-state index in [2.05, 4.69) is 6.92 Å². The molecule has 0 saturated carbocycles. The second-order valence-electron chi connectivity index (χ2n) is 4.01. The van der Waals surface area contributed by atoms with Gasteiger partial charge in [0.25, 0.3) is 0 Å². The van der Waals surface area contributed by atoms with Crippen molar-refractivity contribution in [2.45, 2.75) is 51.6 Å². The van der Waals surface area contributed by atoms with Gasteiger partial charge >= 0.3 is 5.97 Å². The lowest BCUT2D eigenvalue weighted by Crippen LogP contribution is -2.18. The van der Waals surface area contributed by atoms with Crippen molar-refractivity contribution in [3.05, 3.63) is 0 Å². The lowest BCUT2D eigenvalue weighted by atomic mass is 9.91. The molecule has 0 aliphatic rings. The van der Waals surface area contributed by atoms with Gasteiger partial charge in [-0.25, -0.2) is 0 Å². The number of aliphatic carboxylic acids is 1. The molecule has 4 heteroatoms. The summed E-state index contributed by atoms with van der Waals surface area (Å²) in [5, 5.41) is 26.6. The molecular weight excluding hydrogens is 196 g/mol. The van der Waals surface area contributed by atoms with Crippen LogP contribution in [-0.4, -0.2) is 34.0 Å². The quantitative estimate of drug-likeness (QED) is 0.546. The van der Waals surface area contributed by atoms with Crippen LogP contribution >= 0.6 is 0 Å². The van der Waals surface area contributed by atoms with Crippen molar-refractivity contribution in [3.8, 4) is 0 Å². The Hall–Kier alpha value is -0.610. The first-order chi connectivity index (χ1) is 7.10. The van der Waals surface area contributed by atoms with Gasteiger partial charge in [-0.15, -0.1) is 0 Å². The zero-order valence-corrected chi connectivity index (χ0v) is 9.35. The first-order valence-corrected chi connectivity index (χ1v) is 5.60. The standard InChI is InChI=1S/C11H22O4/c1-2-3-4-9(5-6-11(14)15)7-10(13)8-12/h9-10,12-13H,2-8H2,1H3,(H,14,15). The summed E-state index contributed by atoms with van der Waals surface area (Å²) in [4.78, 5) is 10.4. The lowest BCUT2D eigenvalue weighted by molar-refractivity contribution is -0.137. The third kappa shape index (κ3) is 8.39. The zero-order valence-electron chi connectivity index (χ0n) is 9.35. The van der Waals surface area contributed by atoms with E-state index in [0.29, 0.717) is 12.8 Å². The molecule has 2 unspecified atom stereocenters. The van der Waals surface area contributed by atoms with Crippen LogP contribution in [0.3, 0.4) is 0 Å². The molecule has 0 bridgehead atoms. The Bertz CT molecular complexity index is 170. The molecule has 0 aromatic carbocycles. The molecule has 0 aromatic rings. The van der Waals surface area contributed by atoms with Gasteiger partial charge in [-0.2, -0.15) is 0 Å². The molecule has 0 aromatic heterocycles. The summed E-state index contributed by atoms with van der Waals surface area (Å²) in [6.07, 6.45) is 3.57. The maximum Gasteiger partial charge on any atom is 0.303 e. The summed E-state index contributed by atoms with van der Waals surface area (Å²) in [5.41, 5.74) is 0. The predicted molar refractivity (Wildman–Crippen MR) is 57.6 cm³/mol. The summed E-state index contributed by atoms with van der Waals surface area (Å²) in [6.45, 7) is 1.84. The third-order valence-corrected chi connectivity index (χ3v) is 2.55. The maximum atomic E-state index is 10.4. The van der Waals surface area contributed by atoms with Crippen LogP contribution in [0.5, 0.6) is 0 Å². The van der Waals surface area contributed by atoms with Gasteiger partial charge < -0.3 is 15.3 Å². The number of unbranched alkanes of at least 4 members (excludes halogenated alkanes) is 1. The highest BCUT2D eigenvalue weighted by Crippen LogP contribution is 2.20. The smallest absolute Gasteiger partial charge is 0.303 e. The van der Waals surface area contributed by atoms with Crippen LogP contribution in [0.25, 0.3) is 0 Å². The second-order valence-corrected chi connectivity index (χ2v) is 4.01. The van der Waals surface area contributed by atoms with Crippen molar-refractivity contribution < 1.29 is 20.1 Å². The number of aliphatic hydroxyl groups excluding tert-OH is 2. The number of rotatable bonds is 9. The Labute approximate surface area is 90.9 Å². The summed E-state index contributed by atoms with van der Waals surface area (Å²) >= 11 is 0. The molecule has 0 fully saturated rings. The van der Waals surface area contributed by atoms with Crippen molar-refractivity contribution in [3.63, 3.8) is 0 Å². The second kappa shape index (κ2) is 8.68. The Kier molecular flexibility index (Phi) is 8.33. The van der Waals surface area contributed by atoms with Crippen molar-refractivity contribution in [2.24, 2.45) is 5.92 Å². The van der Waals surface area contributed by atoms with Gasteiger partial charge in [0.1, 0.15) is 0 Å². The van der Waals surface area contributed by atoms with E-state index in [-0.39, 0.29) is 18.9 Å². The van der Waals surface area contributed by atoms with Gasteiger partial charge in [0.2, 0.25) is 0 Å². The molecule has 15 heavy (non-hydrogen) atoms. The van der Waals surface area contributed by atoms with Crippen LogP contribution in [0.2, 0.25) is 0 Å². The molecule has 0 aliphatic heterocycles. The van der Waals surface area contributed by atoms with E-state index in [1.807, 2.05) is 0 Å². The average molecular weight is 218 g/mol. The van der Waals surface area contributed by atoms with E-state index >= 15 is 0 Å². The molecule has 0 heterocycles. The number of carbonyl (C=O) groups is 1. The van der Waals surface area contributed by atoms with Crippen molar-refractivity contribution >= 4 is 5.97 Å². The van der Waals surface area contributed by atoms with Crippen LogP contribution in [0.1, 0.15) is 45.4 Å². The highest BCUT2D eigenvalue weighted by Gasteiger charge is 2.14. The van der Waals surface area contributed by atoms with Crippen LogP contribution in [0, 0.1) is 5.92 Å². The fourth-order valence-electron chi connectivity index (χ4n) is 1.66. The Morgan fingerprint density at radius 2 is 2.00 bits per heavy atom. The summed E-state index contributed by atoms with van der Waals surface area (Å²) in [6, 6.07) is 0. The summed E-state index contributed by atoms with van der Waals surface area (Å²) in [7, 11) is 0. The van der Waals surface area contributed by atoms with Gasteiger partial charge in [0.15, 0.2) is 0 Å². The minimum atomic E-state index is -0.796. The molecular formula is C11H22O4. The van der Waals surface area contributed by atoms with Gasteiger partial charge in [-0.1, -0.05) is 26.2 Å². The molecule has 0 radical (unpaired) electrons. The monoisotopic (exact) mass is 218 g/mol. The molecule has 0 spiro atoms. The van der Waals surface area contributed by atoms with E-state index in [9.17, 15) is 9.90 Å².